The van der Waals surface area contributed by atoms with Crippen molar-refractivity contribution in [3.05, 3.63) is 28.8 Å². The van der Waals surface area contributed by atoms with E-state index in [0.717, 1.165) is 31.5 Å². The third kappa shape index (κ3) is 2.30. The van der Waals surface area contributed by atoms with E-state index in [4.69, 9.17) is 0 Å². The first-order valence-corrected chi connectivity index (χ1v) is 9.04. The molecule has 4 nitrogen and oxygen atoms in total. The van der Waals surface area contributed by atoms with Crippen molar-refractivity contribution in [1.29, 1.82) is 0 Å². The van der Waals surface area contributed by atoms with Crippen LogP contribution >= 0.6 is 11.9 Å². The van der Waals surface area contributed by atoms with E-state index in [1.165, 1.54) is 10.4 Å². The molecule has 8 heteroatoms. The number of rotatable bonds is 2. The van der Waals surface area contributed by atoms with Gasteiger partial charge in [-0.1, -0.05) is 11.9 Å². The zero-order valence-electron chi connectivity index (χ0n) is 13.4. The highest BCUT2D eigenvalue weighted by atomic mass is 32.2. The second-order valence-corrected chi connectivity index (χ2v) is 7.52. The van der Waals surface area contributed by atoms with Crippen molar-refractivity contribution >= 4 is 23.5 Å². The van der Waals surface area contributed by atoms with Gasteiger partial charge < -0.3 is 9.80 Å². The number of piperazine rings is 1. The summed E-state index contributed by atoms with van der Waals surface area (Å²) >= 11 is 1.16. The van der Waals surface area contributed by atoms with Crippen LogP contribution in [-0.2, 0) is 12.7 Å². The second kappa shape index (κ2) is 5.29. The van der Waals surface area contributed by atoms with Crippen LogP contribution in [0.25, 0.3) is 0 Å². The van der Waals surface area contributed by atoms with Crippen molar-refractivity contribution in [1.82, 2.24) is 9.21 Å². The third-order valence-corrected chi connectivity index (χ3v) is 5.93. The number of nitrogens with zero attached hydrogens (tertiary/aromatic N) is 3. The Morgan fingerprint density at radius 3 is 2.46 bits per heavy atom. The Kier molecular flexibility index (Phi) is 3.55. The molecular formula is C16H18F3N3OS. The van der Waals surface area contributed by atoms with Gasteiger partial charge in [0.15, 0.2) is 0 Å². The SMILES string of the molecule is CSN1Cc2c(cc(N3C4CC3CN(C)C4)cc2C(F)(F)F)C1=O. The van der Waals surface area contributed by atoms with Crippen LogP contribution in [-0.4, -0.2) is 53.6 Å². The fourth-order valence-electron chi connectivity index (χ4n) is 4.16. The molecule has 1 aromatic carbocycles. The number of likely N-dealkylation sites (N-methyl/N-ethyl adjacent to an activating group) is 1. The quantitative estimate of drug-likeness (QED) is 0.761. The lowest BCUT2D eigenvalue weighted by molar-refractivity contribution is -0.138. The maximum absolute atomic E-state index is 13.6. The molecule has 4 rings (SSSR count). The fourth-order valence-corrected chi connectivity index (χ4v) is 4.68. The Morgan fingerprint density at radius 1 is 1.21 bits per heavy atom. The van der Waals surface area contributed by atoms with Crippen LogP contribution < -0.4 is 4.90 Å². The van der Waals surface area contributed by atoms with Gasteiger partial charge in [-0.2, -0.15) is 13.2 Å². The first-order valence-electron chi connectivity index (χ1n) is 7.86. The Hall–Kier alpha value is -1.41. The Morgan fingerprint density at radius 2 is 1.88 bits per heavy atom. The minimum atomic E-state index is -4.45. The Labute approximate surface area is 142 Å². The second-order valence-electron chi connectivity index (χ2n) is 6.71. The molecule has 2 unspecified atom stereocenters. The molecule has 1 aromatic rings. The van der Waals surface area contributed by atoms with E-state index in [2.05, 4.69) is 9.80 Å². The number of likely N-dealkylation sites (tertiary alicyclic amines) is 1. The highest BCUT2D eigenvalue weighted by molar-refractivity contribution is 7.96. The normalized spacial score (nSPS) is 26.6. The molecule has 3 aliphatic heterocycles. The van der Waals surface area contributed by atoms with Crippen molar-refractivity contribution in [2.45, 2.75) is 31.2 Å². The van der Waals surface area contributed by atoms with Crippen LogP contribution in [0.3, 0.4) is 0 Å². The molecule has 3 heterocycles. The average molecular weight is 357 g/mol. The number of amides is 1. The zero-order chi connectivity index (χ0) is 17.2. The van der Waals surface area contributed by atoms with Gasteiger partial charge in [0.1, 0.15) is 0 Å². The van der Waals surface area contributed by atoms with Gasteiger partial charge in [0.05, 0.1) is 12.1 Å². The number of piperidine rings is 1. The molecule has 0 saturated carbocycles. The number of fused-ring (bicyclic) bond motifs is 3. The first-order chi connectivity index (χ1) is 11.3. The van der Waals surface area contributed by atoms with Crippen LogP contribution in [0.4, 0.5) is 18.9 Å². The molecule has 3 aliphatic rings. The number of hydrogen-bond acceptors (Lipinski definition) is 4. The smallest absolute Gasteiger partial charge is 0.363 e. The molecule has 0 aromatic heterocycles. The minimum absolute atomic E-state index is 0.0139. The Balaban J connectivity index is 1.78. The van der Waals surface area contributed by atoms with Gasteiger partial charge in [-0.05, 0) is 31.2 Å². The number of hydrogen-bond donors (Lipinski definition) is 0. The van der Waals surface area contributed by atoms with Gasteiger partial charge >= 0.3 is 6.18 Å². The van der Waals surface area contributed by atoms with E-state index in [0.29, 0.717) is 5.69 Å². The van der Waals surface area contributed by atoms with E-state index < -0.39 is 11.7 Å². The highest BCUT2D eigenvalue weighted by Crippen LogP contribution is 2.44. The number of halogens is 3. The Bertz CT molecular complexity index is 697. The number of carbonyl (C=O) groups is 1. The predicted molar refractivity (Wildman–Crippen MR) is 87.0 cm³/mol. The van der Waals surface area contributed by atoms with Crippen LogP contribution in [0.5, 0.6) is 0 Å². The van der Waals surface area contributed by atoms with Crippen LogP contribution in [0.15, 0.2) is 12.1 Å². The molecule has 24 heavy (non-hydrogen) atoms. The number of carbonyl (C=O) groups excluding carboxylic acids is 1. The summed E-state index contributed by atoms with van der Waals surface area (Å²) in [4.78, 5) is 16.7. The zero-order valence-corrected chi connectivity index (χ0v) is 14.2. The van der Waals surface area contributed by atoms with Crippen LogP contribution in [0.1, 0.15) is 27.9 Å². The van der Waals surface area contributed by atoms with E-state index in [9.17, 15) is 18.0 Å². The maximum Gasteiger partial charge on any atom is 0.416 e. The summed E-state index contributed by atoms with van der Waals surface area (Å²) in [6.07, 6.45) is -1.74. The largest absolute Gasteiger partial charge is 0.416 e. The van der Waals surface area contributed by atoms with Gasteiger partial charge in [-0.25, -0.2) is 0 Å². The van der Waals surface area contributed by atoms with Gasteiger partial charge in [-0.3, -0.25) is 9.10 Å². The fraction of sp³-hybridized carbons (Fsp3) is 0.562. The molecule has 2 atom stereocenters. The summed E-state index contributed by atoms with van der Waals surface area (Å²) in [7, 11) is 2.03. The molecule has 0 radical (unpaired) electrons. The molecule has 0 spiro atoms. The van der Waals surface area contributed by atoms with Crippen molar-refractivity contribution in [3.63, 3.8) is 0 Å². The first kappa shape index (κ1) is 16.1. The topological polar surface area (TPSA) is 26.8 Å². The lowest BCUT2D eigenvalue weighted by Gasteiger charge is -2.57. The monoisotopic (exact) mass is 357 g/mol. The van der Waals surface area contributed by atoms with Crippen molar-refractivity contribution < 1.29 is 18.0 Å². The molecule has 0 N–H and O–H groups in total. The molecule has 130 valence electrons. The maximum atomic E-state index is 13.6. The summed E-state index contributed by atoms with van der Waals surface area (Å²) < 4.78 is 42.0. The summed E-state index contributed by atoms with van der Waals surface area (Å²) in [5.74, 6) is -0.326. The molecule has 2 fully saturated rings. The van der Waals surface area contributed by atoms with Crippen molar-refractivity contribution in [2.24, 2.45) is 0 Å². The summed E-state index contributed by atoms with van der Waals surface area (Å²) in [5.41, 5.74) is 0.172. The van der Waals surface area contributed by atoms with E-state index >= 15 is 0 Å². The third-order valence-electron chi connectivity index (χ3n) is 5.19. The highest BCUT2D eigenvalue weighted by Gasteiger charge is 2.46. The number of alkyl halides is 3. The van der Waals surface area contributed by atoms with Crippen LogP contribution in [0, 0.1) is 0 Å². The van der Waals surface area contributed by atoms with Gasteiger partial charge in [0, 0.05) is 42.7 Å². The standard InChI is InChI=1S/C16H18F3N3OS/c1-20-6-10-3-11(7-20)22(10)9-4-12-13(8-21(24-2)15(12)23)14(5-9)16(17,18)19/h4-5,10-11H,3,6-8H2,1-2H3. The molecule has 2 bridgehead atoms. The molecule has 2 saturated heterocycles. The number of anilines is 1. The van der Waals surface area contributed by atoms with Crippen LogP contribution in [0.2, 0.25) is 0 Å². The lowest BCUT2D eigenvalue weighted by Crippen LogP contribution is -2.68. The van der Waals surface area contributed by atoms with Crippen molar-refractivity contribution in [2.75, 3.05) is 31.3 Å². The average Bonchev–Trinajstić information content (AvgIpc) is 2.82. The van der Waals surface area contributed by atoms with Gasteiger partial charge in [-0.15, -0.1) is 0 Å². The molecular weight excluding hydrogens is 339 g/mol. The lowest BCUT2D eigenvalue weighted by atomic mass is 9.86. The van der Waals surface area contributed by atoms with E-state index in [1.54, 1.807) is 12.3 Å². The molecule has 0 aliphatic carbocycles. The summed E-state index contributed by atoms with van der Waals surface area (Å²) in [6.45, 7) is 1.71. The van der Waals surface area contributed by atoms with Gasteiger partial charge in [0.25, 0.3) is 5.91 Å². The number of benzene rings is 1. The van der Waals surface area contributed by atoms with Crippen molar-refractivity contribution in [3.8, 4) is 0 Å². The van der Waals surface area contributed by atoms with Gasteiger partial charge in [0.2, 0.25) is 0 Å². The predicted octanol–water partition coefficient (Wildman–Crippen LogP) is 2.83. The summed E-state index contributed by atoms with van der Waals surface area (Å²) in [6, 6.07) is 3.37. The van der Waals surface area contributed by atoms with E-state index in [1.807, 2.05) is 7.05 Å². The van der Waals surface area contributed by atoms with E-state index in [-0.39, 0.29) is 35.7 Å². The minimum Gasteiger partial charge on any atom is -0.363 e. The molecule has 1 amide bonds. The summed E-state index contributed by atoms with van der Waals surface area (Å²) in [5, 5.41) is 0.